The average Bonchev–Trinajstić information content (AvgIpc) is 2.96. The number of hydrogen-bond acceptors (Lipinski definition) is 5. The van der Waals surface area contributed by atoms with Crippen LogP contribution >= 0.6 is 11.3 Å². The van der Waals surface area contributed by atoms with E-state index >= 15 is 0 Å². The van der Waals surface area contributed by atoms with E-state index in [-0.39, 0.29) is 23.8 Å². The van der Waals surface area contributed by atoms with Gasteiger partial charge in [0.1, 0.15) is 10.6 Å². The van der Waals surface area contributed by atoms with Crippen molar-refractivity contribution < 1.29 is 14.3 Å². The molecule has 0 atom stereocenters. The highest BCUT2D eigenvalue weighted by Crippen LogP contribution is 2.31. The Labute approximate surface area is 137 Å². The zero-order chi connectivity index (χ0) is 16.6. The van der Waals surface area contributed by atoms with Gasteiger partial charge >= 0.3 is 0 Å². The van der Waals surface area contributed by atoms with E-state index in [1.54, 1.807) is 24.4 Å². The fourth-order valence-electron chi connectivity index (χ4n) is 2.08. The molecular weight excluding hydrogens is 314 g/mol. The number of carbonyl (C=O) groups excluding carboxylic acids is 2. The highest BCUT2D eigenvalue weighted by atomic mass is 32.1. The fourth-order valence-corrected chi connectivity index (χ4v) is 2.95. The van der Waals surface area contributed by atoms with E-state index in [4.69, 9.17) is 4.74 Å². The van der Waals surface area contributed by atoms with Gasteiger partial charge in [-0.15, -0.1) is 11.3 Å². The molecule has 0 bridgehead atoms. The SMILES string of the molecule is CC(C)(C)c1ncc(C(=O)Nc2ccc3c(c2)NC(=O)CO3)s1. The number of nitrogens with zero attached hydrogens (tertiary/aromatic N) is 1. The number of hydrogen-bond donors (Lipinski definition) is 2. The zero-order valence-corrected chi connectivity index (χ0v) is 13.9. The maximum Gasteiger partial charge on any atom is 0.267 e. The maximum absolute atomic E-state index is 12.3. The van der Waals surface area contributed by atoms with Crippen molar-refractivity contribution in [2.24, 2.45) is 0 Å². The van der Waals surface area contributed by atoms with Gasteiger partial charge in [0.25, 0.3) is 11.8 Å². The maximum atomic E-state index is 12.3. The molecule has 2 amide bonds. The molecule has 0 radical (unpaired) electrons. The first kappa shape index (κ1) is 15.5. The normalized spacial score (nSPS) is 13.8. The van der Waals surface area contributed by atoms with Crippen LogP contribution in [0.3, 0.4) is 0 Å². The molecule has 7 heteroatoms. The molecule has 120 valence electrons. The summed E-state index contributed by atoms with van der Waals surface area (Å²) in [6.07, 6.45) is 1.59. The molecule has 0 saturated carbocycles. The van der Waals surface area contributed by atoms with Gasteiger partial charge in [-0.25, -0.2) is 4.98 Å². The van der Waals surface area contributed by atoms with Gasteiger partial charge in [0.2, 0.25) is 0 Å². The molecule has 1 aromatic heterocycles. The minimum atomic E-state index is -0.221. The first-order valence-electron chi connectivity index (χ1n) is 7.17. The lowest BCUT2D eigenvalue weighted by atomic mass is 9.98. The van der Waals surface area contributed by atoms with Crippen LogP contribution in [0.4, 0.5) is 11.4 Å². The van der Waals surface area contributed by atoms with Gasteiger partial charge in [-0.2, -0.15) is 0 Å². The summed E-state index contributed by atoms with van der Waals surface area (Å²) in [6.45, 7) is 6.17. The third-order valence-electron chi connectivity index (χ3n) is 3.24. The van der Waals surface area contributed by atoms with Crippen LogP contribution in [0.25, 0.3) is 0 Å². The second-order valence-corrected chi connectivity index (χ2v) is 7.31. The number of carbonyl (C=O) groups is 2. The molecule has 1 aliphatic rings. The fraction of sp³-hybridized carbons (Fsp3) is 0.312. The predicted molar refractivity (Wildman–Crippen MR) is 89.3 cm³/mol. The lowest BCUT2D eigenvalue weighted by molar-refractivity contribution is -0.118. The summed E-state index contributed by atoms with van der Waals surface area (Å²) in [5, 5.41) is 6.44. The summed E-state index contributed by atoms with van der Waals surface area (Å²) in [5.74, 6) is 0.162. The zero-order valence-electron chi connectivity index (χ0n) is 13.1. The molecule has 6 nitrogen and oxygen atoms in total. The lowest BCUT2D eigenvalue weighted by Crippen LogP contribution is -2.25. The van der Waals surface area contributed by atoms with Crippen molar-refractivity contribution in [2.75, 3.05) is 17.2 Å². The standard InChI is InChI=1S/C16H17N3O3S/c1-16(2,3)15-17-7-12(23-15)14(21)18-9-4-5-11-10(6-9)19-13(20)8-22-11/h4-7H,8H2,1-3H3,(H,18,21)(H,19,20). The molecule has 0 spiro atoms. The summed E-state index contributed by atoms with van der Waals surface area (Å²) >= 11 is 1.38. The molecule has 0 aliphatic carbocycles. The molecule has 0 unspecified atom stereocenters. The smallest absolute Gasteiger partial charge is 0.267 e. The van der Waals surface area contributed by atoms with Crippen molar-refractivity contribution >= 4 is 34.5 Å². The highest BCUT2D eigenvalue weighted by Gasteiger charge is 2.21. The van der Waals surface area contributed by atoms with Crippen molar-refractivity contribution in [3.8, 4) is 5.75 Å². The van der Waals surface area contributed by atoms with E-state index < -0.39 is 0 Å². The third-order valence-corrected chi connectivity index (χ3v) is 4.66. The largest absolute Gasteiger partial charge is 0.482 e. The lowest BCUT2D eigenvalue weighted by Gasteiger charge is -2.18. The van der Waals surface area contributed by atoms with Crippen molar-refractivity contribution in [2.45, 2.75) is 26.2 Å². The Kier molecular flexibility index (Phi) is 3.81. The Bertz CT molecular complexity index is 777. The Balaban J connectivity index is 1.77. The van der Waals surface area contributed by atoms with Crippen molar-refractivity contribution in [1.29, 1.82) is 0 Å². The molecule has 2 N–H and O–H groups in total. The van der Waals surface area contributed by atoms with Crippen LogP contribution in [0.5, 0.6) is 5.75 Å². The van der Waals surface area contributed by atoms with Gasteiger partial charge < -0.3 is 15.4 Å². The van der Waals surface area contributed by atoms with Crippen LogP contribution < -0.4 is 15.4 Å². The number of anilines is 2. The minimum Gasteiger partial charge on any atom is -0.482 e. The van der Waals surface area contributed by atoms with Crippen LogP contribution in [0, 0.1) is 0 Å². The molecule has 3 rings (SSSR count). The number of rotatable bonds is 2. The summed E-state index contributed by atoms with van der Waals surface area (Å²) in [7, 11) is 0. The average molecular weight is 331 g/mol. The number of ether oxygens (including phenoxy) is 1. The quantitative estimate of drug-likeness (QED) is 0.886. The topological polar surface area (TPSA) is 80.3 Å². The number of nitrogens with one attached hydrogen (secondary N) is 2. The van der Waals surface area contributed by atoms with Gasteiger partial charge in [-0.05, 0) is 18.2 Å². The van der Waals surface area contributed by atoms with Crippen molar-refractivity contribution in [3.05, 3.63) is 34.3 Å². The molecule has 0 fully saturated rings. The van der Waals surface area contributed by atoms with Crippen LogP contribution in [0.1, 0.15) is 35.5 Å². The Morgan fingerprint density at radius 3 is 2.87 bits per heavy atom. The minimum absolute atomic E-state index is 0.00908. The van der Waals surface area contributed by atoms with Gasteiger partial charge in [0.05, 0.1) is 16.9 Å². The van der Waals surface area contributed by atoms with Crippen LogP contribution in [-0.4, -0.2) is 23.4 Å². The molecular formula is C16H17N3O3S. The van der Waals surface area contributed by atoms with E-state index in [1.165, 1.54) is 11.3 Å². The van der Waals surface area contributed by atoms with Gasteiger partial charge in [0, 0.05) is 11.1 Å². The van der Waals surface area contributed by atoms with Crippen LogP contribution in [0.2, 0.25) is 0 Å². The van der Waals surface area contributed by atoms with Gasteiger partial charge in [-0.1, -0.05) is 20.8 Å². The third kappa shape index (κ3) is 3.34. The Morgan fingerprint density at radius 2 is 2.17 bits per heavy atom. The predicted octanol–water partition coefficient (Wildman–Crippen LogP) is 3.02. The first-order chi connectivity index (χ1) is 10.8. The number of fused-ring (bicyclic) bond motifs is 1. The summed E-state index contributed by atoms with van der Waals surface area (Å²) < 4.78 is 5.29. The van der Waals surface area contributed by atoms with E-state index in [0.717, 1.165) is 5.01 Å². The number of amides is 2. The van der Waals surface area contributed by atoms with Gasteiger partial charge in [0.15, 0.2) is 6.61 Å². The molecule has 2 aromatic rings. The van der Waals surface area contributed by atoms with Crippen LogP contribution in [0.15, 0.2) is 24.4 Å². The van der Waals surface area contributed by atoms with E-state index in [2.05, 4.69) is 36.4 Å². The second kappa shape index (κ2) is 5.66. The number of thiazole rings is 1. The van der Waals surface area contributed by atoms with Crippen LogP contribution in [-0.2, 0) is 10.2 Å². The molecule has 23 heavy (non-hydrogen) atoms. The number of benzene rings is 1. The van der Waals surface area contributed by atoms with E-state index in [9.17, 15) is 9.59 Å². The summed E-state index contributed by atoms with van der Waals surface area (Å²) in [6, 6.07) is 5.13. The monoisotopic (exact) mass is 331 g/mol. The van der Waals surface area contributed by atoms with Crippen molar-refractivity contribution in [3.63, 3.8) is 0 Å². The molecule has 0 saturated heterocycles. The molecule has 1 aromatic carbocycles. The molecule has 1 aliphatic heterocycles. The molecule has 2 heterocycles. The first-order valence-corrected chi connectivity index (χ1v) is 7.99. The van der Waals surface area contributed by atoms with Gasteiger partial charge in [-0.3, -0.25) is 9.59 Å². The second-order valence-electron chi connectivity index (χ2n) is 6.28. The summed E-state index contributed by atoms with van der Waals surface area (Å²) in [5.41, 5.74) is 1.06. The Morgan fingerprint density at radius 1 is 1.39 bits per heavy atom. The Hall–Kier alpha value is -2.41. The van der Waals surface area contributed by atoms with Crippen molar-refractivity contribution in [1.82, 2.24) is 4.98 Å². The number of aromatic nitrogens is 1. The highest BCUT2D eigenvalue weighted by molar-refractivity contribution is 7.13. The van der Waals surface area contributed by atoms with E-state index in [1.807, 2.05) is 0 Å². The van der Waals surface area contributed by atoms with E-state index in [0.29, 0.717) is 22.0 Å². The summed E-state index contributed by atoms with van der Waals surface area (Å²) in [4.78, 5) is 28.5.